The molecule has 3 heterocycles. The first-order valence-corrected chi connectivity index (χ1v) is 11.3. The van der Waals surface area contributed by atoms with Crippen molar-refractivity contribution in [2.24, 2.45) is 0 Å². The molecule has 0 radical (unpaired) electrons. The number of benzene rings is 1. The highest BCUT2D eigenvalue weighted by Gasteiger charge is 2.15. The SMILES string of the molecule is CCOCCCn1c(NC(=O)Cc2csc(-c3cccs3)n2)nc2ccccc21. The Bertz CT molecular complexity index is 1090. The van der Waals surface area contributed by atoms with Gasteiger partial charge in [0.15, 0.2) is 0 Å². The Balaban J connectivity index is 1.47. The number of thiophene rings is 1. The number of para-hydroxylation sites is 2. The van der Waals surface area contributed by atoms with Gasteiger partial charge in [0.25, 0.3) is 0 Å². The summed E-state index contributed by atoms with van der Waals surface area (Å²) in [5.74, 6) is 0.454. The molecule has 4 aromatic rings. The third kappa shape index (κ3) is 4.72. The van der Waals surface area contributed by atoms with Crippen LogP contribution in [0.2, 0.25) is 0 Å². The molecular formula is C21H22N4O2S2. The Labute approximate surface area is 177 Å². The van der Waals surface area contributed by atoms with Crippen LogP contribution in [0.5, 0.6) is 0 Å². The fourth-order valence-electron chi connectivity index (χ4n) is 3.10. The van der Waals surface area contributed by atoms with Crippen LogP contribution in [0.15, 0.2) is 47.2 Å². The third-order valence-electron chi connectivity index (χ3n) is 4.41. The van der Waals surface area contributed by atoms with Crippen molar-refractivity contribution in [3.63, 3.8) is 0 Å². The highest BCUT2D eigenvalue weighted by molar-refractivity contribution is 7.20. The van der Waals surface area contributed by atoms with Crippen molar-refractivity contribution < 1.29 is 9.53 Å². The summed E-state index contributed by atoms with van der Waals surface area (Å²) >= 11 is 3.21. The van der Waals surface area contributed by atoms with E-state index in [0.717, 1.165) is 39.6 Å². The fourth-order valence-corrected chi connectivity index (χ4v) is 4.74. The van der Waals surface area contributed by atoms with Crippen molar-refractivity contribution in [2.45, 2.75) is 26.3 Å². The van der Waals surface area contributed by atoms with Crippen LogP contribution < -0.4 is 5.32 Å². The minimum absolute atomic E-state index is 0.116. The van der Waals surface area contributed by atoms with Crippen LogP contribution in [-0.4, -0.2) is 33.7 Å². The lowest BCUT2D eigenvalue weighted by molar-refractivity contribution is -0.115. The fraction of sp³-hybridized carbons (Fsp3) is 0.286. The van der Waals surface area contributed by atoms with Crippen LogP contribution in [0, 0.1) is 0 Å². The number of anilines is 1. The van der Waals surface area contributed by atoms with Gasteiger partial charge in [0.1, 0.15) is 5.01 Å². The maximum absolute atomic E-state index is 12.7. The molecule has 0 spiro atoms. The summed E-state index contributed by atoms with van der Waals surface area (Å²) in [5, 5.41) is 7.89. The van der Waals surface area contributed by atoms with Crippen LogP contribution in [0.3, 0.4) is 0 Å². The van der Waals surface area contributed by atoms with Crippen molar-refractivity contribution in [1.29, 1.82) is 0 Å². The predicted molar refractivity (Wildman–Crippen MR) is 119 cm³/mol. The van der Waals surface area contributed by atoms with E-state index in [1.54, 1.807) is 22.7 Å². The van der Waals surface area contributed by atoms with E-state index < -0.39 is 0 Å². The number of thiazole rings is 1. The molecular weight excluding hydrogens is 404 g/mol. The molecule has 4 rings (SSSR count). The molecule has 0 fully saturated rings. The number of hydrogen-bond acceptors (Lipinski definition) is 6. The van der Waals surface area contributed by atoms with Crippen LogP contribution in [0.1, 0.15) is 19.0 Å². The normalized spacial score (nSPS) is 11.2. The standard InChI is InChI=1S/C21H22N4O2S2/c1-2-27-11-6-10-25-17-8-4-3-7-16(17)23-21(25)24-19(26)13-15-14-29-20(22-15)18-9-5-12-28-18/h3-5,7-9,12,14H,2,6,10-11,13H2,1H3,(H,23,24,26). The van der Waals surface area contributed by atoms with Gasteiger partial charge in [0, 0.05) is 25.1 Å². The molecule has 0 aliphatic carbocycles. The number of nitrogens with one attached hydrogen (secondary N) is 1. The Morgan fingerprint density at radius 3 is 2.90 bits per heavy atom. The molecule has 0 aliphatic rings. The highest BCUT2D eigenvalue weighted by Crippen LogP contribution is 2.28. The number of carbonyl (C=O) groups excluding carboxylic acids is 1. The third-order valence-corrected chi connectivity index (χ3v) is 6.34. The van der Waals surface area contributed by atoms with Crippen molar-refractivity contribution in [2.75, 3.05) is 18.5 Å². The molecule has 3 aromatic heterocycles. The lowest BCUT2D eigenvalue weighted by Gasteiger charge is -2.10. The van der Waals surface area contributed by atoms with Gasteiger partial charge < -0.3 is 9.30 Å². The summed E-state index contributed by atoms with van der Waals surface area (Å²) in [6.45, 7) is 4.10. The number of carbonyl (C=O) groups is 1. The molecule has 1 N–H and O–H groups in total. The molecule has 0 bridgehead atoms. The number of ether oxygens (including phenoxy) is 1. The summed E-state index contributed by atoms with van der Waals surface area (Å²) < 4.78 is 7.50. The van der Waals surface area contributed by atoms with Crippen molar-refractivity contribution >= 4 is 45.6 Å². The van der Waals surface area contributed by atoms with E-state index in [1.165, 1.54) is 0 Å². The van der Waals surface area contributed by atoms with Gasteiger partial charge in [-0.15, -0.1) is 22.7 Å². The second kappa shape index (κ2) is 9.30. The number of imidazole rings is 1. The lowest BCUT2D eigenvalue weighted by atomic mass is 10.3. The summed E-state index contributed by atoms with van der Waals surface area (Å²) in [6.07, 6.45) is 1.08. The molecule has 0 unspecified atom stereocenters. The average molecular weight is 427 g/mol. The largest absolute Gasteiger partial charge is 0.382 e. The summed E-state index contributed by atoms with van der Waals surface area (Å²) in [7, 11) is 0. The number of aryl methyl sites for hydroxylation is 1. The summed E-state index contributed by atoms with van der Waals surface area (Å²) in [6, 6.07) is 12.0. The van der Waals surface area contributed by atoms with E-state index in [1.807, 2.05) is 58.6 Å². The zero-order valence-corrected chi connectivity index (χ0v) is 17.8. The van der Waals surface area contributed by atoms with Gasteiger partial charge in [0.05, 0.1) is 28.0 Å². The number of rotatable bonds is 9. The average Bonchev–Trinajstić information content (AvgIpc) is 3.45. The number of amides is 1. The Kier molecular flexibility index (Phi) is 6.33. The van der Waals surface area contributed by atoms with E-state index in [-0.39, 0.29) is 12.3 Å². The van der Waals surface area contributed by atoms with E-state index in [4.69, 9.17) is 4.74 Å². The second-order valence-electron chi connectivity index (χ2n) is 6.47. The molecule has 6 nitrogen and oxygen atoms in total. The zero-order chi connectivity index (χ0) is 20.1. The topological polar surface area (TPSA) is 69.0 Å². The number of fused-ring (bicyclic) bond motifs is 1. The van der Waals surface area contributed by atoms with Gasteiger partial charge in [-0.2, -0.15) is 0 Å². The van der Waals surface area contributed by atoms with Crippen LogP contribution in [0.4, 0.5) is 5.95 Å². The molecule has 8 heteroatoms. The maximum atomic E-state index is 12.7. The number of aromatic nitrogens is 3. The Hall–Kier alpha value is -2.55. The van der Waals surface area contributed by atoms with E-state index in [2.05, 4.69) is 15.3 Å². The first-order valence-electron chi connectivity index (χ1n) is 9.55. The maximum Gasteiger partial charge on any atom is 0.232 e. The molecule has 29 heavy (non-hydrogen) atoms. The minimum atomic E-state index is -0.116. The highest BCUT2D eigenvalue weighted by atomic mass is 32.1. The summed E-state index contributed by atoms with van der Waals surface area (Å²) in [5.41, 5.74) is 2.65. The van der Waals surface area contributed by atoms with Crippen molar-refractivity contribution in [3.8, 4) is 9.88 Å². The smallest absolute Gasteiger partial charge is 0.232 e. The van der Waals surface area contributed by atoms with Gasteiger partial charge in [-0.3, -0.25) is 10.1 Å². The molecule has 0 saturated carbocycles. The van der Waals surface area contributed by atoms with Crippen LogP contribution >= 0.6 is 22.7 Å². The first kappa shape index (κ1) is 19.8. The quantitative estimate of drug-likeness (QED) is 0.389. The monoisotopic (exact) mass is 426 g/mol. The molecule has 0 atom stereocenters. The minimum Gasteiger partial charge on any atom is -0.382 e. The number of nitrogens with zero attached hydrogens (tertiary/aromatic N) is 3. The van der Waals surface area contributed by atoms with E-state index in [9.17, 15) is 4.79 Å². The van der Waals surface area contributed by atoms with E-state index >= 15 is 0 Å². The second-order valence-corrected chi connectivity index (χ2v) is 8.28. The van der Waals surface area contributed by atoms with Gasteiger partial charge in [-0.05, 0) is 36.9 Å². The Morgan fingerprint density at radius 1 is 1.17 bits per heavy atom. The molecule has 1 aromatic carbocycles. The number of hydrogen-bond donors (Lipinski definition) is 1. The molecule has 0 aliphatic heterocycles. The van der Waals surface area contributed by atoms with Crippen LogP contribution in [0.25, 0.3) is 20.9 Å². The van der Waals surface area contributed by atoms with Gasteiger partial charge in [-0.25, -0.2) is 9.97 Å². The first-order chi connectivity index (χ1) is 14.2. The van der Waals surface area contributed by atoms with Gasteiger partial charge >= 0.3 is 0 Å². The molecule has 1 amide bonds. The van der Waals surface area contributed by atoms with Crippen molar-refractivity contribution in [3.05, 3.63) is 52.9 Å². The summed E-state index contributed by atoms with van der Waals surface area (Å²) in [4.78, 5) is 23.0. The van der Waals surface area contributed by atoms with Crippen LogP contribution in [-0.2, 0) is 22.5 Å². The zero-order valence-electron chi connectivity index (χ0n) is 16.1. The predicted octanol–water partition coefficient (Wildman–Crippen LogP) is 4.83. The van der Waals surface area contributed by atoms with E-state index in [0.29, 0.717) is 19.2 Å². The van der Waals surface area contributed by atoms with Gasteiger partial charge in [-0.1, -0.05) is 18.2 Å². The van der Waals surface area contributed by atoms with Gasteiger partial charge in [0.2, 0.25) is 11.9 Å². The molecule has 0 saturated heterocycles. The lowest BCUT2D eigenvalue weighted by Crippen LogP contribution is -2.18. The van der Waals surface area contributed by atoms with Crippen molar-refractivity contribution in [1.82, 2.24) is 14.5 Å². The molecule has 150 valence electrons. The Morgan fingerprint density at radius 2 is 2.07 bits per heavy atom.